The molecule has 12 heteroatoms. The summed E-state index contributed by atoms with van der Waals surface area (Å²) in [5.74, 6) is -9.18. The number of para-hydroxylation sites is 1. The van der Waals surface area contributed by atoms with Gasteiger partial charge in [0.15, 0.2) is 23.3 Å². The van der Waals surface area contributed by atoms with Crippen LogP contribution in [0.4, 0.5) is 22.0 Å². The summed E-state index contributed by atoms with van der Waals surface area (Å²) < 4.78 is 77.9. The minimum Gasteiger partial charge on any atom is -0.573 e. The molecule has 0 atom stereocenters. The van der Waals surface area contributed by atoms with Gasteiger partial charge < -0.3 is 19.5 Å². The van der Waals surface area contributed by atoms with Crippen LogP contribution < -0.4 is 9.84 Å². The molecule has 4 aromatic heterocycles. The fourth-order valence-electron chi connectivity index (χ4n) is 5.28. The summed E-state index contributed by atoms with van der Waals surface area (Å²) in [6, 6.07) is 24.9. The van der Waals surface area contributed by atoms with E-state index in [9.17, 15) is 22.0 Å². The van der Waals surface area contributed by atoms with E-state index in [1.807, 2.05) is 41.0 Å². The van der Waals surface area contributed by atoms with Crippen molar-refractivity contribution in [1.29, 1.82) is 0 Å². The summed E-state index contributed by atoms with van der Waals surface area (Å²) in [5.41, 5.74) is 1.23. The van der Waals surface area contributed by atoms with E-state index in [0.29, 0.717) is 5.75 Å². The van der Waals surface area contributed by atoms with E-state index in [1.54, 1.807) is 24.4 Å². The number of fused-ring (bicyclic) bond motifs is 3. The largest absolute Gasteiger partial charge is 2.00 e. The molecule has 0 aliphatic rings. The number of halogens is 5. The van der Waals surface area contributed by atoms with Gasteiger partial charge in [0.25, 0.3) is 0 Å². The Bertz CT molecular complexity index is 2280. The van der Waals surface area contributed by atoms with Crippen molar-refractivity contribution >= 4 is 21.8 Å². The molecule has 238 valence electrons. The first-order valence-electron chi connectivity index (χ1n) is 14.1. The third kappa shape index (κ3) is 5.58. The van der Waals surface area contributed by atoms with Crippen LogP contribution in [-0.4, -0.2) is 19.6 Å². The molecule has 0 unspecified atom stereocenters. The summed E-state index contributed by atoms with van der Waals surface area (Å²) in [6.45, 7) is 6.41. The molecule has 0 spiro atoms. The Hall–Kier alpha value is -4.89. The molecule has 7 rings (SSSR count). The summed E-state index contributed by atoms with van der Waals surface area (Å²) >= 11 is 0. The van der Waals surface area contributed by atoms with E-state index >= 15 is 0 Å². The summed E-state index contributed by atoms with van der Waals surface area (Å²) in [5, 5.41) is 9.46. The molecule has 7 aromatic rings. The molecule has 0 N–H and O–H groups in total. The molecule has 0 saturated heterocycles. The molecule has 3 aromatic carbocycles. The standard InChI is InChI=1S/C35H22F5N5O.Pt/c1-35(2,3)18-13-14-41-27(15-18)45-25-9-5-4-7-20(25)21-12-11-19(16-26(21)45)46-28-10-6-8-22(42-28)23-17-24(44-43-23)29-30(36)32(38)34(40)33(39)31(29)37;/h4-15,17H,1-3H3;/q-2;+2. The molecule has 0 radical (unpaired) electrons. The molecule has 0 saturated carbocycles. The number of benzene rings is 3. The van der Waals surface area contributed by atoms with E-state index in [1.165, 1.54) is 6.07 Å². The maximum absolute atomic E-state index is 14.4. The van der Waals surface area contributed by atoms with Gasteiger partial charge >= 0.3 is 21.1 Å². The fraction of sp³-hybridized carbons (Fsp3) is 0.114. The van der Waals surface area contributed by atoms with Gasteiger partial charge in [0.2, 0.25) is 11.7 Å². The van der Waals surface area contributed by atoms with Gasteiger partial charge in [-0.3, -0.25) is 0 Å². The van der Waals surface area contributed by atoms with Crippen LogP contribution in [0, 0.1) is 35.2 Å². The minimum atomic E-state index is -2.25. The van der Waals surface area contributed by atoms with Crippen LogP contribution in [0.15, 0.2) is 79.0 Å². The smallest absolute Gasteiger partial charge is 0.573 e. The number of nitrogens with zero attached hydrogens (tertiary/aromatic N) is 5. The Morgan fingerprint density at radius 1 is 0.766 bits per heavy atom. The Balaban J connectivity index is 0.00000386. The molecule has 4 heterocycles. The molecule has 0 amide bonds. The normalized spacial score (nSPS) is 11.7. The number of aromatic nitrogens is 5. The van der Waals surface area contributed by atoms with Crippen molar-refractivity contribution in [1.82, 2.24) is 24.7 Å². The quantitative estimate of drug-likeness (QED) is 0.0752. The first-order chi connectivity index (χ1) is 22.0. The molecule has 0 bridgehead atoms. The van der Waals surface area contributed by atoms with Crippen LogP contribution >= 0.6 is 0 Å². The fourth-order valence-corrected chi connectivity index (χ4v) is 5.28. The monoisotopic (exact) mass is 818 g/mol. The molecular weight excluding hydrogens is 796 g/mol. The maximum Gasteiger partial charge on any atom is 2.00 e. The second-order valence-electron chi connectivity index (χ2n) is 11.6. The van der Waals surface area contributed by atoms with Crippen molar-refractivity contribution in [3.8, 4) is 40.1 Å². The number of hydrogen-bond acceptors (Lipinski definition) is 4. The van der Waals surface area contributed by atoms with Gasteiger partial charge in [-0.2, -0.15) is 6.07 Å². The van der Waals surface area contributed by atoms with Gasteiger partial charge in [-0.15, -0.1) is 17.5 Å². The van der Waals surface area contributed by atoms with Crippen LogP contribution in [0.1, 0.15) is 26.3 Å². The average Bonchev–Trinajstić information content (AvgIpc) is 3.66. The molecular formula is C35H22F5N5OPt. The number of rotatable bonds is 5. The van der Waals surface area contributed by atoms with Gasteiger partial charge in [0, 0.05) is 23.5 Å². The van der Waals surface area contributed by atoms with E-state index in [-0.39, 0.29) is 43.7 Å². The Kier molecular flexibility index (Phi) is 8.21. The SMILES string of the molecule is CC(C)(C)c1ccnc(-n2c3[c-]c(Oc4cccc(-c5cc(-c6c(F)c(F)c(F)c(F)c6F)n[n-]5)n4)ccc3c3ccccc32)c1.[Pt+2]. The first-order valence-corrected chi connectivity index (χ1v) is 14.1. The average molecular weight is 819 g/mol. The maximum atomic E-state index is 14.4. The van der Waals surface area contributed by atoms with Crippen LogP contribution in [0.5, 0.6) is 11.6 Å². The number of pyridine rings is 2. The molecule has 0 fully saturated rings. The zero-order valence-electron chi connectivity index (χ0n) is 24.9. The van der Waals surface area contributed by atoms with E-state index in [2.05, 4.69) is 53.1 Å². The minimum absolute atomic E-state index is 0. The van der Waals surface area contributed by atoms with E-state index in [4.69, 9.17) is 4.74 Å². The summed E-state index contributed by atoms with van der Waals surface area (Å²) in [4.78, 5) is 9.09. The van der Waals surface area contributed by atoms with Crippen LogP contribution in [0.2, 0.25) is 0 Å². The van der Waals surface area contributed by atoms with Gasteiger partial charge in [-0.25, -0.2) is 31.9 Å². The first kappa shape index (κ1) is 32.1. The van der Waals surface area contributed by atoms with Crippen LogP contribution in [0.25, 0.3) is 50.3 Å². The molecule has 0 aliphatic heterocycles. The topological polar surface area (TPSA) is 66.9 Å². The van der Waals surface area contributed by atoms with Gasteiger partial charge in [0.05, 0.1) is 17.0 Å². The van der Waals surface area contributed by atoms with Crippen LogP contribution in [0.3, 0.4) is 0 Å². The van der Waals surface area contributed by atoms with Crippen molar-refractivity contribution in [2.45, 2.75) is 26.2 Å². The van der Waals surface area contributed by atoms with Crippen molar-refractivity contribution in [2.75, 3.05) is 0 Å². The summed E-state index contributed by atoms with van der Waals surface area (Å²) in [6.07, 6.45) is 1.79. The molecule has 0 aliphatic carbocycles. The van der Waals surface area contributed by atoms with Crippen LogP contribution in [-0.2, 0) is 26.5 Å². The second-order valence-corrected chi connectivity index (χ2v) is 11.6. The molecule has 47 heavy (non-hydrogen) atoms. The van der Waals surface area contributed by atoms with E-state index < -0.39 is 40.3 Å². The Morgan fingerprint density at radius 2 is 1.49 bits per heavy atom. The van der Waals surface area contributed by atoms with E-state index in [0.717, 1.165) is 39.3 Å². The van der Waals surface area contributed by atoms with Crippen molar-refractivity contribution < 1.29 is 47.8 Å². The van der Waals surface area contributed by atoms with Gasteiger partial charge in [-0.1, -0.05) is 56.2 Å². The predicted octanol–water partition coefficient (Wildman–Crippen LogP) is 8.84. The Morgan fingerprint density at radius 3 is 2.23 bits per heavy atom. The summed E-state index contributed by atoms with van der Waals surface area (Å²) in [7, 11) is 0. The van der Waals surface area contributed by atoms with Gasteiger partial charge in [0.1, 0.15) is 5.82 Å². The number of hydrogen-bond donors (Lipinski definition) is 0. The second kappa shape index (κ2) is 12.0. The third-order valence-electron chi connectivity index (χ3n) is 7.60. The molecule has 6 nitrogen and oxygen atoms in total. The van der Waals surface area contributed by atoms with Crippen molar-refractivity contribution in [3.63, 3.8) is 0 Å². The van der Waals surface area contributed by atoms with Crippen molar-refractivity contribution in [2.24, 2.45) is 0 Å². The predicted molar refractivity (Wildman–Crippen MR) is 162 cm³/mol. The third-order valence-corrected chi connectivity index (χ3v) is 7.60. The van der Waals surface area contributed by atoms with Crippen molar-refractivity contribution in [3.05, 3.63) is 120 Å². The zero-order valence-corrected chi connectivity index (χ0v) is 27.1. The Labute approximate surface area is 279 Å². The zero-order chi connectivity index (χ0) is 32.3. The number of ether oxygens (including phenoxy) is 1. The van der Waals surface area contributed by atoms with Gasteiger partial charge in [-0.05, 0) is 46.7 Å².